The van der Waals surface area contributed by atoms with Gasteiger partial charge < -0.3 is 10.5 Å². The van der Waals surface area contributed by atoms with Gasteiger partial charge in [-0.2, -0.15) is 0 Å². The predicted molar refractivity (Wildman–Crippen MR) is 67.1 cm³/mol. The second-order valence-electron chi connectivity index (χ2n) is 4.83. The number of carbonyl (C=O) groups excluding carboxylic acids is 1. The largest absolute Gasteiger partial charge is 0.463 e. The third-order valence-electron chi connectivity index (χ3n) is 3.11. The number of carbonyl (C=O) groups is 1. The molecule has 3 heteroatoms. The Hall–Kier alpha value is -0.570. The fraction of sp³-hybridized carbons (Fsp3) is 0.923. The minimum absolute atomic E-state index is 0.0412. The molecule has 0 fully saturated rings. The Kier molecular flexibility index (Phi) is 8.26. The number of hydrogen-bond acceptors (Lipinski definition) is 3. The van der Waals surface area contributed by atoms with Crippen LogP contribution in [0.2, 0.25) is 0 Å². The molecule has 0 aliphatic rings. The van der Waals surface area contributed by atoms with E-state index < -0.39 is 0 Å². The van der Waals surface area contributed by atoms with Gasteiger partial charge in [0.15, 0.2) is 0 Å². The van der Waals surface area contributed by atoms with Crippen molar-refractivity contribution in [2.45, 2.75) is 59.5 Å². The summed E-state index contributed by atoms with van der Waals surface area (Å²) < 4.78 is 5.24. The van der Waals surface area contributed by atoms with Crippen LogP contribution in [0.5, 0.6) is 0 Å². The molecule has 96 valence electrons. The van der Waals surface area contributed by atoms with E-state index in [0.29, 0.717) is 24.8 Å². The summed E-state index contributed by atoms with van der Waals surface area (Å²) in [6.07, 6.45) is 3.33. The van der Waals surface area contributed by atoms with Crippen LogP contribution < -0.4 is 5.73 Å². The zero-order valence-electron chi connectivity index (χ0n) is 11.2. The smallest absolute Gasteiger partial charge is 0.306 e. The minimum atomic E-state index is -0.0722. The summed E-state index contributed by atoms with van der Waals surface area (Å²) in [4.78, 5) is 11.5. The van der Waals surface area contributed by atoms with E-state index in [1.165, 1.54) is 0 Å². The molecule has 0 aliphatic heterocycles. The fourth-order valence-corrected chi connectivity index (χ4v) is 1.69. The maximum atomic E-state index is 11.5. The molecule has 2 N–H and O–H groups in total. The maximum absolute atomic E-state index is 11.5. The van der Waals surface area contributed by atoms with Crippen LogP contribution in [-0.2, 0) is 9.53 Å². The lowest BCUT2D eigenvalue weighted by Gasteiger charge is -2.20. The highest BCUT2D eigenvalue weighted by Gasteiger charge is 2.15. The Balaban J connectivity index is 3.87. The van der Waals surface area contributed by atoms with Crippen molar-refractivity contribution < 1.29 is 9.53 Å². The summed E-state index contributed by atoms with van der Waals surface area (Å²) in [6, 6.07) is 0. The van der Waals surface area contributed by atoms with Crippen molar-refractivity contribution in [3.8, 4) is 0 Å². The number of nitrogens with two attached hydrogens (primary N) is 1. The van der Waals surface area contributed by atoms with Crippen LogP contribution in [0.15, 0.2) is 0 Å². The van der Waals surface area contributed by atoms with Crippen molar-refractivity contribution in [3.63, 3.8) is 0 Å². The van der Waals surface area contributed by atoms with Crippen molar-refractivity contribution in [3.05, 3.63) is 0 Å². The average molecular weight is 229 g/mol. The van der Waals surface area contributed by atoms with Crippen LogP contribution in [0, 0.1) is 11.8 Å². The molecule has 0 aliphatic carbocycles. The van der Waals surface area contributed by atoms with E-state index in [1.807, 2.05) is 13.8 Å². The van der Waals surface area contributed by atoms with E-state index in [4.69, 9.17) is 10.5 Å². The first kappa shape index (κ1) is 15.4. The van der Waals surface area contributed by atoms with Gasteiger partial charge in [0.1, 0.15) is 0 Å². The van der Waals surface area contributed by atoms with Crippen LogP contribution in [0.4, 0.5) is 0 Å². The lowest BCUT2D eigenvalue weighted by atomic mass is 9.88. The van der Waals surface area contributed by atoms with Crippen LogP contribution in [0.25, 0.3) is 0 Å². The average Bonchev–Trinajstić information content (AvgIpc) is 2.23. The summed E-state index contributed by atoms with van der Waals surface area (Å²) in [5, 5.41) is 0. The minimum Gasteiger partial charge on any atom is -0.463 e. The molecule has 0 aromatic carbocycles. The van der Waals surface area contributed by atoms with E-state index in [1.54, 1.807) is 0 Å². The summed E-state index contributed by atoms with van der Waals surface area (Å²) in [5.41, 5.74) is 5.56. The monoisotopic (exact) mass is 229 g/mol. The van der Waals surface area contributed by atoms with Crippen LogP contribution >= 0.6 is 0 Å². The Morgan fingerprint density at radius 1 is 1.25 bits per heavy atom. The summed E-state index contributed by atoms with van der Waals surface area (Å²) in [6.45, 7) is 9.00. The third-order valence-corrected chi connectivity index (χ3v) is 3.11. The molecule has 0 aromatic heterocycles. The molecule has 0 saturated heterocycles. The van der Waals surface area contributed by atoms with Gasteiger partial charge in [-0.15, -0.1) is 0 Å². The van der Waals surface area contributed by atoms with E-state index >= 15 is 0 Å². The van der Waals surface area contributed by atoms with E-state index in [2.05, 4.69) is 13.8 Å². The highest BCUT2D eigenvalue weighted by molar-refractivity contribution is 5.69. The molecule has 0 aromatic rings. The molecular weight excluding hydrogens is 202 g/mol. The zero-order chi connectivity index (χ0) is 12.6. The molecular formula is C13H27NO2. The van der Waals surface area contributed by atoms with E-state index in [-0.39, 0.29) is 12.1 Å². The van der Waals surface area contributed by atoms with Crippen molar-refractivity contribution in [1.29, 1.82) is 0 Å². The van der Waals surface area contributed by atoms with Gasteiger partial charge in [-0.25, -0.2) is 0 Å². The van der Waals surface area contributed by atoms with E-state index in [0.717, 1.165) is 19.3 Å². The topological polar surface area (TPSA) is 52.3 Å². The molecule has 0 radical (unpaired) electrons. The highest BCUT2D eigenvalue weighted by Crippen LogP contribution is 2.20. The van der Waals surface area contributed by atoms with Gasteiger partial charge in [0, 0.05) is 6.42 Å². The normalized spacial score (nSPS) is 14.9. The Morgan fingerprint density at radius 3 is 2.31 bits per heavy atom. The van der Waals surface area contributed by atoms with E-state index in [9.17, 15) is 4.79 Å². The Bertz CT molecular complexity index is 192. The third kappa shape index (κ3) is 6.83. The van der Waals surface area contributed by atoms with Crippen molar-refractivity contribution in [1.82, 2.24) is 0 Å². The fourth-order valence-electron chi connectivity index (χ4n) is 1.69. The van der Waals surface area contributed by atoms with Crippen molar-refractivity contribution in [2.24, 2.45) is 17.6 Å². The summed E-state index contributed by atoms with van der Waals surface area (Å²) in [5.74, 6) is 1.05. The molecule has 2 unspecified atom stereocenters. The molecule has 0 saturated carbocycles. The van der Waals surface area contributed by atoms with Crippen LogP contribution in [0.3, 0.4) is 0 Å². The number of rotatable bonds is 8. The standard InChI is InChI=1S/C13H27NO2/c1-5-11(4)16-13(15)7-6-12(8-9-14)10(2)3/h10-12H,5-9,14H2,1-4H3. The second-order valence-corrected chi connectivity index (χ2v) is 4.83. The molecule has 0 amide bonds. The van der Waals surface area contributed by atoms with Gasteiger partial charge >= 0.3 is 5.97 Å². The van der Waals surface area contributed by atoms with Gasteiger partial charge in [-0.3, -0.25) is 4.79 Å². The lowest BCUT2D eigenvalue weighted by Crippen LogP contribution is -2.18. The van der Waals surface area contributed by atoms with Gasteiger partial charge in [0.25, 0.3) is 0 Å². The summed E-state index contributed by atoms with van der Waals surface area (Å²) in [7, 11) is 0. The van der Waals surface area contributed by atoms with Crippen molar-refractivity contribution >= 4 is 5.97 Å². The molecule has 0 spiro atoms. The first-order valence-electron chi connectivity index (χ1n) is 6.40. The molecule has 0 heterocycles. The number of ether oxygens (including phenoxy) is 1. The van der Waals surface area contributed by atoms with Crippen LogP contribution in [0.1, 0.15) is 53.4 Å². The SMILES string of the molecule is CCC(C)OC(=O)CCC(CCN)C(C)C. The molecule has 3 nitrogen and oxygen atoms in total. The molecule has 2 atom stereocenters. The molecule has 0 bridgehead atoms. The van der Waals surface area contributed by atoms with Crippen molar-refractivity contribution in [2.75, 3.05) is 6.54 Å². The van der Waals surface area contributed by atoms with Gasteiger partial charge in [0.05, 0.1) is 6.10 Å². The molecule has 0 rings (SSSR count). The van der Waals surface area contributed by atoms with Gasteiger partial charge in [-0.1, -0.05) is 20.8 Å². The van der Waals surface area contributed by atoms with Gasteiger partial charge in [-0.05, 0) is 44.6 Å². The number of hydrogen-bond donors (Lipinski definition) is 1. The summed E-state index contributed by atoms with van der Waals surface area (Å²) >= 11 is 0. The highest BCUT2D eigenvalue weighted by atomic mass is 16.5. The van der Waals surface area contributed by atoms with Crippen LogP contribution in [-0.4, -0.2) is 18.6 Å². The Morgan fingerprint density at radius 2 is 1.88 bits per heavy atom. The van der Waals surface area contributed by atoms with Gasteiger partial charge in [0.2, 0.25) is 0 Å². The number of esters is 1. The first-order valence-corrected chi connectivity index (χ1v) is 6.40. The maximum Gasteiger partial charge on any atom is 0.306 e. The quantitative estimate of drug-likeness (QED) is 0.651. The second kappa shape index (κ2) is 8.57. The lowest BCUT2D eigenvalue weighted by molar-refractivity contribution is -0.148. The molecule has 16 heavy (non-hydrogen) atoms. The predicted octanol–water partition coefficient (Wildman–Crippen LogP) is 2.73. The zero-order valence-corrected chi connectivity index (χ0v) is 11.2. The Labute approximate surface area is 99.7 Å². The first-order chi connectivity index (χ1) is 7.51.